The van der Waals surface area contributed by atoms with Crippen molar-refractivity contribution in [3.63, 3.8) is 0 Å². The quantitative estimate of drug-likeness (QED) is 0.608. The van der Waals surface area contributed by atoms with Gasteiger partial charge in [0.25, 0.3) is 11.8 Å². The Labute approximate surface area is 179 Å². The summed E-state index contributed by atoms with van der Waals surface area (Å²) in [5.41, 5.74) is 3.54. The lowest BCUT2D eigenvalue weighted by Gasteiger charge is -2.32. The van der Waals surface area contributed by atoms with Crippen molar-refractivity contribution in [3.05, 3.63) is 70.8 Å². The van der Waals surface area contributed by atoms with E-state index in [4.69, 9.17) is 0 Å². The number of nitrogens with one attached hydrogen (secondary N) is 1. The van der Waals surface area contributed by atoms with Crippen LogP contribution in [0.5, 0.6) is 0 Å². The number of carboxylic acid groups (broad SMARTS) is 1. The Morgan fingerprint density at radius 2 is 1.39 bits per heavy atom. The van der Waals surface area contributed by atoms with E-state index < -0.39 is 35.5 Å². The predicted molar refractivity (Wildman–Crippen MR) is 112 cm³/mol. The molecular formula is C24H21N2O5-. The van der Waals surface area contributed by atoms with Crippen LogP contribution in [0.15, 0.2) is 59.7 Å². The second-order valence-electron chi connectivity index (χ2n) is 8.03. The lowest BCUT2D eigenvalue weighted by atomic mass is 9.76. The van der Waals surface area contributed by atoms with Gasteiger partial charge in [-0.05, 0) is 63.1 Å². The van der Waals surface area contributed by atoms with Crippen LogP contribution in [0.1, 0.15) is 47.4 Å². The van der Waals surface area contributed by atoms with Crippen LogP contribution < -0.4 is 15.3 Å². The van der Waals surface area contributed by atoms with Crippen LogP contribution in [-0.2, 0) is 9.59 Å². The van der Waals surface area contributed by atoms with E-state index in [9.17, 15) is 24.3 Å². The molecule has 1 aliphatic carbocycles. The first-order valence-corrected chi connectivity index (χ1v) is 10.0. The van der Waals surface area contributed by atoms with E-state index in [0.29, 0.717) is 35.3 Å². The largest absolute Gasteiger partial charge is 0.550 e. The smallest absolute Gasteiger partial charge is 0.266 e. The molecule has 0 saturated carbocycles. The second-order valence-corrected chi connectivity index (χ2v) is 8.03. The van der Waals surface area contributed by atoms with Gasteiger partial charge in [-0.1, -0.05) is 23.3 Å². The SMILES string of the molecule is CC1=C(C)C[C@H](C(=O)Nc2ccc(N3C(=O)c4ccccc4C3=O)cc2)[C@@H](C(=O)[O-])C1. The monoisotopic (exact) mass is 417 g/mol. The molecule has 0 fully saturated rings. The number of imide groups is 1. The molecule has 158 valence electrons. The normalized spacial score (nSPS) is 20.6. The third kappa shape index (κ3) is 3.63. The Balaban J connectivity index is 1.51. The summed E-state index contributed by atoms with van der Waals surface area (Å²) >= 11 is 0. The Morgan fingerprint density at radius 1 is 0.871 bits per heavy atom. The molecule has 2 atom stereocenters. The molecule has 2 aliphatic rings. The van der Waals surface area contributed by atoms with Gasteiger partial charge in [0.1, 0.15) is 0 Å². The predicted octanol–water partition coefficient (Wildman–Crippen LogP) is 2.54. The number of carbonyl (C=O) groups excluding carboxylic acids is 4. The summed E-state index contributed by atoms with van der Waals surface area (Å²) in [7, 11) is 0. The summed E-state index contributed by atoms with van der Waals surface area (Å²) in [4.78, 5) is 50.6. The minimum absolute atomic E-state index is 0.297. The third-order valence-corrected chi connectivity index (χ3v) is 6.09. The second kappa shape index (κ2) is 7.83. The number of hydrogen-bond acceptors (Lipinski definition) is 5. The summed E-state index contributed by atoms with van der Waals surface area (Å²) < 4.78 is 0. The summed E-state index contributed by atoms with van der Waals surface area (Å²) in [6.07, 6.45) is 0.661. The first-order chi connectivity index (χ1) is 14.8. The van der Waals surface area contributed by atoms with Crippen LogP contribution in [0.4, 0.5) is 11.4 Å². The van der Waals surface area contributed by atoms with Crippen LogP contribution in [-0.4, -0.2) is 23.7 Å². The number of fused-ring (bicyclic) bond motifs is 1. The summed E-state index contributed by atoms with van der Waals surface area (Å²) in [5, 5.41) is 14.3. The van der Waals surface area contributed by atoms with Gasteiger partial charge in [0.15, 0.2) is 0 Å². The Morgan fingerprint density at radius 3 is 1.90 bits per heavy atom. The lowest BCUT2D eigenvalue weighted by Crippen LogP contribution is -2.42. The Bertz CT molecular complexity index is 1100. The van der Waals surface area contributed by atoms with Gasteiger partial charge in [0, 0.05) is 17.6 Å². The molecular weight excluding hydrogens is 396 g/mol. The van der Waals surface area contributed by atoms with Gasteiger partial charge in [0.05, 0.1) is 22.7 Å². The van der Waals surface area contributed by atoms with Crippen molar-refractivity contribution < 1.29 is 24.3 Å². The molecule has 0 spiro atoms. The molecule has 0 saturated heterocycles. The van der Waals surface area contributed by atoms with Crippen molar-refractivity contribution in [1.29, 1.82) is 0 Å². The van der Waals surface area contributed by atoms with E-state index in [1.807, 2.05) is 13.8 Å². The number of hydrogen-bond donors (Lipinski definition) is 1. The van der Waals surface area contributed by atoms with Crippen molar-refractivity contribution in [1.82, 2.24) is 0 Å². The number of carbonyl (C=O) groups is 4. The minimum atomic E-state index is -1.23. The Hall–Kier alpha value is -3.74. The van der Waals surface area contributed by atoms with Gasteiger partial charge in [-0.25, -0.2) is 4.90 Å². The maximum atomic E-state index is 12.8. The molecule has 2 aromatic rings. The zero-order valence-electron chi connectivity index (χ0n) is 17.2. The molecule has 4 rings (SSSR count). The average molecular weight is 417 g/mol. The van der Waals surface area contributed by atoms with E-state index in [0.717, 1.165) is 16.0 Å². The number of allylic oxidation sites excluding steroid dienone is 2. The number of carboxylic acids is 1. The van der Waals surface area contributed by atoms with Gasteiger partial charge < -0.3 is 15.2 Å². The van der Waals surface area contributed by atoms with Gasteiger partial charge in [0.2, 0.25) is 5.91 Å². The van der Waals surface area contributed by atoms with E-state index in [2.05, 4.69) is 5.32 Å². The molecule has 0 aromatic heterocycles. The molecule has 0 unspecified atom stereocenters. The number of aliphatic carboxylic acids is 1. The van der Waals surface area contributed by atoms with Crippen LogP contribution in [0.25, 0.3) is 0 Å². The zero-order valence-corrected chi connectivity index (χ0v) is 17.2. The highest BCUT2D eigenvalue weighted by atomic mass is 16.4. The van der Waals surface area contributed by atoms with Crippen LogP contribution in [0.3, 0.4) is 0 Å². The maximum absolute atomic E-state index is 12.8. The molecule has 7 heteroatoms. The first kappa shape index (κ1) is 20.5. The highest BCUT2D eigenvalue weighted by Crippen LogP contribution is 2.35. The molecule has 0 radical (unpaired) electrons. The van der Waals surface area contributed by atoms with Gasteiger partial charge in [-0.2, -0.15) is 0 Å². The molecule has 1 heterocycles. The fourth-order valence-corrected chi connectivity index (χ4v) is 4.17. The van der Waals surface area contributed by atoms with Crippen molar-refractivity contribution >= 4 is 35.1 Å². The van der Waals surface area contributed by atoms with Crippen molar-refractivity contribution in [2.24, 2.45) is 11.8 Å². The first-order valence-electron chi connectivity index (χ1n) is 10.0. The summed E-state index contributed by atoms with van der Waals surface area (Å²) in [5.74, 6) is -4.00. The van der Waals surface area contributed by atoms with Crippen molar-refractivity contribution in [2.75, 3.05) is 10.2 Å². The molecule has 0 bridgehead atoms. The topological polar surface area (TPSA) is 107 Å². The zero-order chi connectivity index (χ0) is 22.3. The average Bonchev–Trinajstić information content (AvgIpc) is 3.01. The summed E-state index contributed by atoms with van der Waals surface area (Å²) in [6.45, 7) is 3.77. The van der Waals surface area contributed by atoms with Crippen LogP contribution >= 0.6 is 0 Å². The molecule has 1 N–H and O–H groups in total. The fraction of sp³-hybridized carbons (Fsp3) is 0.250. The number of anilines is 2. The van der Waals surface area contributed by atoms with Crippen molar-refractivity contribution in [2.45, 2.75) is 26.7 Å². The molecule has 31 heavy (non-hydrogen) atoms. The van der Waals surface area contributed by atoms with Gasteiger partial charge >= 0.3 is 0 Å². The number of amides is 3. The Kier molecular flexibility index (Phi) is 5.19. The summed E-state index contributed by atoms with van der Waals surface area (Å²) in [6, 6.07) is 12.9. The molecule has 1 aliphatic heterocycles. The lowest BCUT2D eigenvalue weighted by molar-refractivity contribution is -0.313. The van der Waals surface area contributed by atoms with E-state index in [1.54, 1.807) is 48.5 Å². The maximum Gasteiger partial charge on any atom is 0.266 e. The van der Waals surface area contributed by atoms with Crippen LogP contribution in [0.2, 0.25) is 0 Å². The minimum Gasteiger partial charge on any atom is -0.550 e. The highest BCUT2D eigenvalue weighted by Gasteiger charge is 2.36. The molecule has 3 amide bonds. The molecule has 2 aromatic carbocycles. The van der Waals surface area contributed by atoms with E-state index in [-0.39, 0.29) is 0 Å². The number of benzene rings is 2. The molecule has 7 nitrogen and oxygen atoms in total. The fourth-order valence-electron chi connectivity index (χ4n) is 4.17. The standard InChI is InChI=1S/C24H22N2O5/c1-13-11-19(20(24(30)31)12-14(13)2)21(27)25-15-7-9-16(10-8-15)26-22(28)17-5-3-4-6-18(17)23(26)29/h3-10,19-20H,11-12H2,1-2H3,(H,25,27)(H,30,31)/p-1/t19-,20-/m0/s1. The third-order valence-electron chi connectivity index (χ3n) is 6.09. The van der Waals surface area contributed by atoms with Crippen LogP contribution in [0, 0.1) is 11.8 Å². The number of nitrogens with zero attached hydrogens (tertiary/aromatic N) is 1. The van der Waals surface area contributed by atoms with E-state index >= 15 is 0 Å². The van der Waals surface area contributed by atoms with Gasteiger partial charge in [-0.3, -0.25) is 14.4 Å². The van der Waals surface area contributed by atoms with Crippen molar-refractivity contribution in [3.8, 4) is 0 Å². The highest BCUT2D eigenvalue weighted by molar-refractivity contribution is 6.34. The van der Waals surface area contributed by atoms with E-state index in [1.165, 1.54) is 0 Å². The van der Waals surface area contributed by atoms with Gasteiger partial charge in [-0.15, -0.1) is 0 Å². The number of rotatable bonds is 4.